The number of carbonyl (C=O) groups excluding carboxylic acids is 2. The van der Waals surface area contributed by atoms with Gasteiger partial charge in [0, 0.05) is 17.3 Å². The van der Waals surface area contributed by atoms with E-state index in [-0.39, 0.29) is 11.6 Å². The zero-order chi connectivity index (χ0) is 12.7. The van der Waals surface area contributed by atoms with E-state index in [0.29, 0.717) is 12.8 Å². The fraction of sp³-hybridized carbons (Fsp3) is 0.200. The zero-order valence-corrected chi connectivity index (χ0v) is 11.2. The molecular weight excluding hydrogens is 292 g/mol. The van der Waals surface area contributed by atoms with E-state index < -0.39 is 5.92 Å². The van der Waals surface area contributed by atoms with Crippen molar-refractivity contribution in [3.05, 3.63) is 46.4 Å². The quantitative estimate of drug-likeness (QED) is 0.754. The van der Waals surface area contributed by atoms with Crippen LogP contribution in [0.25, 0.3) is 10.8 Å². The molecule has 1 saturated carbocycles. The lowest BCUT2D eigenvalue weighted by Crippen LogP contribution is -2.11. The molecule has 0 heterocycles. The summed E-state index contributed by atoms with van der Waals surface area (Å²) in [6.07, 6.45) is 0.781. The first kappa shape index (κ1) is 11.6. The summed E-state index contributed by atoms with van der Waals surface area (Å²) in [5, 5.41) is 2.16. The van der Waals surface area contributed by atoms with Gasteiger partial charge in [0.2, 0.25) is 0 Å². The molecule has 0 atom stereocenters. The highest BCUT2D eigenvalue weighted by atomic mass is 79.9. The first-order valence-corrected chi connectivity index (χ1v) is 6.69. The van der Waals surface area contributed by atoms with Crippen molar-refractivity contribution in [3.63, 3.8) is 0 Å². The average molecular weight is 303 g/mol. The molecule has 0 aromatic heterocycles. The molecule has 3 heteroatoms. The Morgan fingerprint density at radius 1 is 0.889 bits per heavy atom. The second kappa shape index (κ2) is 4.32. The zero-order valence-electron chi connectivity index (χ0n) is 9.65. The number of hydrogen-bond acceptors (Lipinski definition) is 2. The van der Waals surface area contributed by atoms with Gasteiger partial charge in [0.05, 0.1) is 0 Å². The van der Waals surface area contributed by atoms with Crippen molar-refractivity contribution >= 4 is 38.3 Å². The Balaban J connectivity index is 2.11. The highest BCUT2D eigenvalue weighted by molar-refractivity contribution is 9.10. The van der Waals surface area contributed by atoms with E-state index in [1.165, 1.54) is 0 Å². The summed E-state index contributed by atoms with van der Waals surface area (Å²) < 4.78 is 1.02. The molecule has 0 bridgehead atoms. The molecule has 0 radical (unpaired) electrons. The van der Waals surface area contributed by atoms with E-state index in [0.717, 1.165) is 20.8 Å². The molecule has 2 nitrogen and oxygen atoms in total. The van der Waals surface area contributed by atoms with Crippen LogP contribution in [0.4, 0.5) is 0 Å². The van der Waals surface area contributed by atoms with Crippen LogP contribution in [0.1, 0.15) is 24.3 Å². The summed E-state index contributed by atoms with van der Waals surface area (Å²) in [4.78, 5) is 23.5. The van der Waals surface area contributed by atoms with Crippen LogP contribution >= 0.6 is 15.9 Å². The summed E-state index contributed by atoms with van der Waals surface area (Å²) in [6, 6.07) is 11.8. The van der Waals surface area contributed by atoms with E-state index in [1.54, 1.807) is 0 Å². The lowest BCUT2D eigenvalue weighted by molar-refractivity contribution is -0.123. The summed E-state index contributed by atoms with van der Waals surface area (Å²) in [6.45, 7) is 0. The number of carbonyl (C=O) groups is 2. The predicted octanol–water partition coefficient (Wildman–Crippen LogP) is 3.62. The van der Waals surface area contributed by atoms with Gasteiger partial charge in [0.15, 0.2) is 0 Å². The van der Waals surface area contributed by atoms with Gasteiger partial charge in [-0.05, 0) is 34.5 Å². The summed E-state index contributed by atoms with van der Waals surface area (Å²) in [5.74, 6) is -0.425. The lowest BCUT2D eigenvalue weighted by Gasteiger charge is -2.08. The minimum absolute atomic E-state index is 0.0523. The number of Topliss-reactive ketones (excluding diaryl/α,β-unsaturated/α-hetero) is 2. The first-order valence-electron chi connectivity index (χ1n) is 5.90. The van der Waals surface area contributed by atoms with E-state index >= 15 is 0 Å². The van der Waals surface area contributed by atoms with Crippen LogP contribution in [0.3, 0.4) is 0 Å². The second-order valence-electron chi connectivity index (χ2n) is 4.62. The Bertz CT molecular complexity index is 645. The van der Waals surface area contributed by atoms with E-state index in [4.69, 9.17) is 0 Å². The van der Waals surface area contributed by atoms with Gasteiger partial charge in [0.25, 0.3) is 0 Å². The number of ketones is 2. The summed E-state index contributed by atoms with van der Waals surface area (Å²) in [7, 11) is 0. The van der Waals surface area contributed by atoms with Crippen molar-refractivity contribution < 1.29 is 9.59 Å². The molecule has 18 heavy (non-hydrogen) atoms. The monoisotopic (exact) mass is 302 g/mol. The topological polar surface area (TPSA) is 34.1 Å². The smallest absolute Gasteiger partial charge is 0.148 e. The van der Waals surface area contributed by atoms with Crippen molar-refractivity contribution in [1.82, 2.24) is 0 Å². The van der Waals surface area contributed by atoms with Gasteiger partial charge in [-0.3, -0.25) is 9.59 Å². The van der Waals surface area contributed by atoms with E-state index in [1.807, 2.05) is 36.4 Å². The molecule has 0 N–H and O–H groups in total. The maximum Gasteiger partial charge on any atom is 0.148 e. The highest BCUT2D eigenvalue weighted by Crippen LogP contribution is 2.30. The third-order valence-electron chi connectivity index (χ3n) is 3.42. The molecule has 0 unspecified atom stereocenters. The van der Waals surface area contributed by atoms with Crippen LogP contribution in [-0.4, -0.2) is 11.6 Å². The van der Waals surface area contributed by atoms with Gasteiger partial charge in [-0.1, -0.05) is 34.1 Å². The largest absolute Gasteiger partial charge is 0.299 e. The van der Waals surface area contributed by atoms with Gasteiger partial charge < -0.3 is 0 Å². The number of hydrogen-bond donors (Lipinski definition) is 0. The average Bonchev–Trinajstić information content (AvgIpc) is 2.69. The Kier molecular flexibility index (Phi) is 2.78. The van der Waals surface area contributed by atoms with Crippen molar-refractivity contribution in [1.29, 1.82) is 0 Å². The normalized spacial score (nSPS) is 16.7. The predicted molar refractivity (Wildman–Crippen MR) is 73.6 cm³/mol. The van der Waals surface area contributed by atoms with Crippen LogP contribution in [-0.2, 0) is 9.59 Å². The fourth-order valence-electron chi connectivity index (χ4n) is 2.50. The van der Waals surface area contributed by atoms with Crippen molar-refractivity contribution in [2.45, 2.75) is 18.8 Å². The van der Waals surface area contributed by atoms with Crippen LogP contribution in [0.15, 0.2) is 40.9 Å². The molecule has 1 aliphatic carbocycles. The lowest BCUT2D eigenvalue weighted by atomic mass is 9.94. The maximum atomic E-state index is 11.7. The minimum Gasteiger partial charge on any atom is -0.299 e. The van der Waals surface area contributed by atoms with Gasteiger partial charge >= 0.3 is 0 Å². The van der Waals surface area contributed by atoms with E-state index in [2.05, 4.69) is 15.9 Å². The molecule has 1 aliphatic rings. The minimum atomic E-state index is -0.530. The molecule has 90 valence electrons. The van der Waals surface area contributed by atoms with Crippen LogP contribution in [0, 0.1) is 0 Å². The number of benzene rings is 2. The molecule has 2 aromatic rings. The molecule has 0 amide bonds. The summed E-state index contributed by atoms with van der Waals surface area (Å²) >= 11 is 3.43. The molecular formula is C15H11BrO2. The number of fused-ring (bicyclic) bond motifs is 1. The van der Waals surface area contributed by atoms with Crippen LogP contribution in [0.5, 0.6) is 0 Å². The molecule has 0 aliphatic heterocycles. The molecule has 3 rings (SSSR count). The van der Waals surface area contributed by atoms with Crippen LogP contribution in [0.2, 0.25) is 0 Å². The van der Waals surface area contributed by atoms with Gasteiger partial charge in [-0.2, -0.15) is 0 Å². The molecule has 2 aromatic carbocycles. The standard InChI is InChI=1S/C15H11BrO2/c16-12-4-3-9-7-11(2-1-10(9)8-12)15-13(17)5-6-14(15)18/h1-4,7-8,15H,5-6H2. The number of rotatable bonds is 1. The Morgan fingerprint density at radius 3 is 2.22 bits per heavy atom. The third kappa shape index (κ3) is 1.89. The van der Waals surface area contributed by atoms with Gasteiger partial charge in [0.1, 0.15) is 17.5 Å². The molecule has 0 saturated heterocycles. The second-order valence-corrected chi connectivity index (χ2v) is 5.53. The Hall–Kier alpha value is -1.48. The fourth-order valence-corrected chi connectivity index (χ4v) is 2.88. The third-order valence-corrected chi connectivity index (χ3v) is 3.91. The van der Waals surface area contributed by atoms with Crippen molar-refractivity contribution in [2.24, 2.45) is 0 Å². The summed E-state index contributed by atoms with van der Waals surface area (Å²) in [5.41, 5.74) is 0.831. The van der Waals surface area contributed by atoms with Crippen molar-refractivity contribution in [3.8, 4) is 0 Å². The van der Waals surface area contributed by atoms with Crippen molar-refractivity contribution in [2.75, 3.05) is 0 Å². The Labute approximate surface area is 113 Å². The van der Waals surface area contributed by atoms with Gasteiger partial charge in [-0.25, -0.2) is 0 Å². The van der Waals surface area contributed by atoms with E-state index in [9.17, 15) is 9.59 Å². The molecule has 0 spiro atoms. The molecule has 1 fully saturated rings. The first-order chi connectivity index (χ1) is 8.65. The number of halogens is 1. The maximum absolute atomic E-state index is 11.7. The van der Waals surface area contributed by atoms with Gasteiger partial charge in [-0.15, -0.1) is 0 Å². The highest BCUT2D eigenvalue weighted by Gasteiger charge is 2.33. The van der Waals surface area contributed by atoms with Crippen LogP contribution < -0.4 is 0 Å². The SMILES string of the molecule is O=C1CCC(=O)C1c1ccc2cc(Br)ccc2c1. The Morgan fingerprint density at radius 2 is 1.50 bits per heavy atom.